The van der Waals surface area contributed by atoms with Gasteiger partial charge in [0.2, 0.25) is 0 Å². The number of nitrogens with two attached hydrogens (primary N) is 1. The van der Waals surface area contributed by atoms with Gasteiger partial charge in [-0.2, -0.15) is 0 Å². The van der Waals surface area contributed by atoms with Crippen molar-refractivity contribution >= 4 is 11.9 Å². The fourth-order valence-corrected chi connectivity index (χ4v) is 2.19. The van der Waals surface area contributed by atoms with E-state index in [-0.39, 0.29) is 12.1 Å². The molecule has 0 spiro atoms. The standard InChI is InChI=1S/C8H16N2O2.C5H6N2O/c1-4-8(12)6(3)9-7(11)10(8)5-2;6-5(8)4-2-1-3-7-4/h6,12H,4-5H2,1-3H3,(H,9,11);1-3,7H,(H2,6,8)/t6-,8-;/m0./s1. The Hall–Kier alpha value is -2.02. The Labute approximate surface area is 118 Å². The molecule has 1 saturated heterocycles. The van der Waals surface area contributed by atoms with Crippen molar-refractivity contribution in [1.82, 2.24) is 15.2 Å². The summed E-state index contributed by atoms with van der Waals surface area (Å²) in [4.78, 5) is 25.6. The van der Waals surface area contributed by atoms with Gasteiger partial charge < -0.3 is 21.1 Å². The molecule has 0 bridgehead atoms. The number of aromatic nitrogens is 1. The number of likely N-dealkylation sites (N-methyl/N-ethyl adjacent to an activating group) is 1. The van der Waals surface area contributed by atoms with Crippen LogP contribution in [0.3, 0.4) is 0 Å². The Bertz CT molecular complexity index is 460. The highest BCUT2D eigenvalue weighted by Crippen LogP contribution is 2.26. The highest BCUT2D eigenvalue weighted by molar-refractivity contribution is 5.90. The fourth-order valence-electron chi connectivity index (χ4n) is 2.19. The van der Waals surface area contributed by atoms with Crippen LogP contribution >= 0.6 is 0 Å². The number of amides is 3. The molecule has 7 nitrogen and oxygen atoms in total. The predicted octanol–water partition coefficient (Wildman–Crippen LogP) is 0.632. The predicted molar refractivity (Wildman–Crippen MR) is 74.9 cm³/mol. The van der Waals surface area contributed by atoms with Crippen molar-refractivity contribution in [3.8, 4) is 0 Å². The number of aliphatic hydroxyl groups is 1. The van der Waals surface area contributed by atoms with Gasteiger partial charge in [0.05, 0.1) is 6.04 Å². The minimum absolute atomic E-state index is 0.172. The monoisotopic (exact) mass is 282 g/mol. The van der Waals surface area contributed by atoms with E-state index < -0.39 is 11.6 Å². The van der Waals surface area contributed by atoms with E-state index in [2.05, 4.69) is 10.3 Å². The second-order valence-electron chi connectivity index (χ2n) is 4.60. The lowest BCUT2D eigenvalue weighted by molar-refractivity contribution is -0.0747. The Morgan fingerprint density at radius 2 is 2.20 bits per heavy atom. The Balaban J connectivity index is 0.000000217. The summed E-state index contributed by atoms with van der Waals surface area (Å²) in [6.45, 7) is 6.09. The van der Waals surface area contributed by atoms with Gasteiger partial charge in [0, 0.05) is 12.7 Å². The van der Waals surface area contributed by atoms with Crippen molar-refractivity contribution in [2.75, 3.05) is 6.54 Å². The lowest BCUT2D eigenvalue weighted by atomic mass is 10.0. The van der Waals surface area contributed by atoms with E-state index in [1.165, 1.54) is 4.90 Å². The first-order valence-corrected chi connectivity index (χ1v) is 6.60. The zero-order valence-electron chi connectivity index (χ0n) is 12.0. The van der Waals surface area contributed by atoms with Crippen LogP contribution in [0.15, 0.2) is 18.3 Å². The van der Waals surface area contributed by atoms with E-state index >= 15 is 0 Å². The smallest absolute Gasteiger partial charge is 0.320 e. The van der Waals surface area contributed by atoms with Crippen molar-refractivity contribution < 1.29 is 14.7 Å². The van der Waals surface area contributed by atoms with Crippen molar-refractivity contribution in [3.05, 3.63) is 24.0 Å². The molecule has 1 aliphatic rings. The number of nitrogens with one attached hydrogen (secondary N) is 2. The summed E-state index contributed by atoms with van der Waals surface area (Å²) in [5.74, 6) is -0.421. The van der Waals surface area contributed by atoms with Gasteiger partial charge in [0.1, 0.15) is 5.69 Å². The number of carbonyl (C=O) groups excluding carboxylic acids is 2. The average Bonchev–Trinajstić information content (AvgIpc) is 2.99. The fraction of sp³-hybridized carbons (Fsp3) is 0.538. The van der Waals surface area contributed by atoms with Crippen molar-refractivity contribution in [2.45, 2.75) is 39.0 Å². The van der Waals surface area contributed by atoms with Gasteiger partial charge in [-0.05, 0) is 32.4 Å². The number of aromatic amines is 1. The van der Waals surface area contributed by atoms with Crippen LogP contribution in [0.5, 0.6) is 0 Å². The van der Waals surface area contributed by atoms with E-state index in [0.717, 1.165) is 0 Å². The third-order valence-electron chi connectivity index (χ3n) is 3.45. The molecular formula is C13H22N4O3. The first-order valence-electron chi connectivity index (χ1n) is 6.60. The minimum atomic E-state index is -0.994. The maximum Gasteiger partial charge on any atom is 0.320 e. The highest BCUT2D eigenvalue weighted by Gasteiger charge is 2.47. The first kappa shape index (κ1) is 16.0. The number of H-pyrrole nitrogens is 1. The number of nitrogens with zero attached hydrogens (tertiary/aromatic N) is 1. The molecule has 0 saturated carbocycles. The molecule has 1 aromatic rings. The molecule has 1 aliphatic heterocycles. The number of hydrogen-bond acceptors (Lipinski definition) is 3. The molecule has 7 heteroatoms. The molecule has 1 fully saturated rings. The van der Waals surface area contributed by atoms with Crippen LogP contribution in [-0.2, 0) is 0 Å². The van der Waals surface area contributed by atoms with Crippen molar-refractivity contribution in [1.29, 1.82) is 0 Å². The van der Waals surface area contributed by atoms with Gasteiger partial charge in [-0.1, -0.05) is 6.92 Å². The number of primary amides is 1. The summed E-state index contributed by atoms with van der Waals surface area (Å²) >= 11 is 0. The van der Waals surface area contributed by atoms with Gasteiger partial charge in [0.25, 0.3) is 5.91 Å². The van der Waals surface area contributed by atoms with Crippen LogP contribution in [0.1, 0.15) is 37.7 Å². The normalized spacial score (nSPS) is 24.9. The maximum absolute atomic E-state index is 11.2. The third kappa shape index (κ3) is 3.11. The molecule has 0 unspecified atom stereocenters. The Kier molecular flexibility index (Phi) is 5.15. The van der Waals surface area contributed by atoms with Crippen LogP contribution in [0.4, 0.5) is 4.79 Å². The van der Waals surface area contributed by atoms with Gasteiger partial charge in [-0.3, -0.25) is 9.69 Å². The van der Waals surface area contributed by atoms with Crippen LogP contribution in [0, 0.1) is 0 Å². The van der Waals surface area contributed by atoms with E-state index in [0.29, 0.717) is 18.7 Å². The van der Waals surface area contributed by atoms with Gasteiger partial charge in [-0.15, -0.1) is 0 Å². The molecule has 112 valence electrons. The van der Waals surface area contributed by atoms with E-state index in [9.17, 15) is 14.7 Å². The first-order chi connectivity index (χ1) is 9.36. The largest absolute Gasteiger partial charge is 0.369 e. The lowest BCUT2D eigenvalue weighted by Crippen LogP contribution is -2.50. The van der Waals surface area contributed by atoms with Crippen LogP contribution in [-0.4, -0.2) is 45.2 Å². The number of carbonyl (C=O) groups is 2. The quantitative estimate of drug-likeness (QED) is 0.652. The van der Waals surface area contributed by atoms with E-state index in [1.54, 1.807) is 18.3 Å². The molecule has 5 N–H and O–H groups in total. The van der Waals surface area contributed by atoms with Gasteiger partial charge in [0.15, 0.2) is 5.72 Å². The molecule has 3 amide bonds. The van der Waals surface area contributed by atoms with Gasteiger partial charge in [-0.25, -0.2) is 4.79 Å². The SMILES string of the molecule is CCN1C(=O)N[C@@H](C)[C@@]1(O)CC.NC(=O)c1ccc[nH]1. The highest BCUT2D eigenvalue weighted by atomic mass is 16.3. The van der Waals surface area contributed by atoms with Crippen molar-refractivity contribution in [2.24, 2.45) is 5.73 Å². The van der Waals surface area contributed by atoms with Crippen LogP contribution in [0.25, 0.3) is 0 Å². The minimum Gasteiger partial charge on any atom is -0.369 e. The Morgan fingerprint density at radius 1 is 1.55 bits per heavy atom. The summed E-state index contributed by atoms with van der Waals surface area (Å²) in [5, 5.41) is 12.7. The number of urea groups is 1. The third-order valence-corrected chi connectivity index (χ3v) is 3.45. The van der Waals surface area contributed by atoms with E-state index in [1.807, 2.05) is 20.8 Å². The molecule has 1 aromatic heterocycles. The van der Waals surface area contributed by atoms with Gasteiger partial charge >= 0.3 is 6.03 Å². The molecule has 2 rings (SSSR count). The summed E-state index contributed by atoms with van der Waals surface area (Å²) in [6.07, 6.45) is 2.21. The molecule has 0 aromatic carbocycles. The maximum atomic E-state index is 11.2. The zero-order chi connectivity index (χ0) is 15.3. The molecular weight excluding hydrogens is 260 g/mol. The average molecular weight is 282 g/mol. The zero-order valence-corrected chi connectivity index (χ0v) is 12.0. The number of hydrogen-bond donors (Lipinski definition) is 4. The molecule has 2 atom stereocenters. The molecule has 20 heavy (non-hydrogen) atoms. The summed E-state index contributed by atoms with van der Waals surface area (Å²) in [6, 6.07) is 2.99. The van der Waals surface area contributed by atoms with Crippen LogP contribution in [0.2, 0.25) is 0 Å². The van der Waals surface area contributed by atoms with E-state index in [4.69, 9.17) is 5.73 Å². The molecule has 2 heterocycles. The summed E-state index contributed by atoms with van der Waals surface area (Å²) in [5.41, 5.74) is 4.34. The van der Waals surface area contributed by atoms with Crippen LogP contribution < -0.4 is 11.1 Å². The lowest BCUT2D eigenvalue weighted by Gasteiger charge is -2.32. The second-order valence-corrected chi connectivity index (χ2v) is 4.60. The summed E-state index contributed by atoms with van der Waals surface area (Å²) in [7, 11) is 0. The second kappa shape index (κ2) is 6.42. The molecule has 0 radical (unpaired) electrons. The topological polar surface area (TPSA) is 111 Å². The summed E-state index contributed by atoms with van der Waals surface area (Å²) < 4.78 is 0. The number of rotatable bonds is 3. The Morgan fingerprint density at radius 3 is 2.50 bits per heavy atom. The molecule has 0 aliphatic carbocycles. The van der Waals surface area contributed by atoms with Crippen molar-refractivity contribution in [3.63, 3.8) is 0 Å².